The Labute approximate surface area is 127 Å². The molecule has 22 heavy (non-hydrogen) atoms. The van der Waals surface area contributed by atoms with Crippen molar-refractivity contribution >= 4 is 22.5 Å². The van der Waals surface area contributed by atoms with Crippen LogP contribution in [-0.2, 0) is 4.74 Å². The number of fused-ring (bicyclic) bond motifs is 1. The third-order valence-electron chi connectivity index (χ3n) is 3.53. The number of ether oxygens (including phenoxy) is 1. The molecule has 0 radical (unpaired) electrons. The number of carbonyl (C=O) groups excluding carboxylic acids is 1. The number of hydrogen-bond donors (Lipinski definition) is 0. The fourth-order valence-electron chi connectivity index (χ4n) is 2.52. The average Bonchev–Trinajstić information content (AvgIpc) is 2.55. The minimum absolute atomic E-state index is 0.0293. The molecule has 0 bridgehead atoms. The number of para-hydroxylation sites is 1. The van der Waals surface area contributed by atoms with Crippen molar-refractivity contribution in [2.45, 2.75) is 19.8 Å². The van der Waals surface area contributed by atoms with E-state index in [9.17, 15) is 9.59 Å². The Morgan fingerprint density at radius 3 is 2.82 bits per heavy atom. The number of benzene rings is 1. The molecule has 4 heteroatoms. The van der Waals surface area contributed by atoms with E-state index in [0.29, 0.717) is 11.0 Å². The molecule has 0 saturated heterocycles. The van der Waals surface area contributed by atoms with Gasteiger partial charge in [-0.25, -0.2) is 4.79 Å². The minimum atomic E-state index is -0.642. The van der Waals surface area contributed by atoms with E-state index in [2.05, 4.69) is 0 Å². The first-order valence-electron chi connectivity index (χ1n) is 7.32. The lowest BCUT2D eigenvalue weighted by atomic mass is 10.00. The van der Waals surface area contributed by atoms with Crippen molar-refractivity contribution in [3.8, 4) is 0 Å². The highest BCUT2D eigenvalue weighted by Gasteiger charge is 2.24. The Kier molecular flexibility index (Phi) is 3.92. The molecule has 4 nitrogen and oxygen atoms in total. The van der Waals surface area contributed by atoms with Crippen LogP contribution in [0.1, 0.15) is 35.9 Å². The molecular formula is C18H16O4. The number of carbonyl (C=O) groups is 1. The van der Waals surface area contributed by atoms with Crippen LogP contribution < -0.4 is 5.43 Å². The molecule has 1 aromatic heterocycles. The van der Waals surface area contributed by atoms with Gasteiger partial charge in [0.1, 0.15) is 5.58 Å². The number of allylic oxidation sites excluding steroid dienone is 4. The van der Waals surface area contributed by atoms with E-state index >= 15 is 0 Å². The van der Waals surface area contributed by atoms with Crippen molar-refractivity contribution in [3.05, 3.63) is 64.0 Å². The van der Waals surface area contributed by atoms with Crippen LogP contribution in [0.2, 0.25) is 0 Å². The average molecular weight is 296 g/mol. The second-order valence-electron chi connectivity index (χ2n) is 4.99. The van der Waals surface area contributed by atoms with Gasteiger partial charge in [0.15, 0.2) is 11.3 Å². The lowest BCUT2D eigenvalue weighted by Crippen LogP contribution is -2.20. The van der Waals surface area contributed by atoms with Crippen molar-refractivity contribution in [1.82, 2.24) is 0 Å². The molecule has 0 saturated carbocycles. The summed E-state index contributed by atoms with van der Waals surface area (Å²) in [6.45, 7) is 1.92. The zero-order chi connectivity index (χ0) is 15.5. The summed E-state index contributed by atoms with van der Waals surface area (Å²) < 4.78 is 10.9. The lowest BCUT2D eigenvalue weighted by Gasteiger charge is -2.12. The van der Waals surface area contributed by atoms with Gasteiger partial charge < -0.3 is 9.15 Å². The van der Waals surface area contributed by atoms with E-state index in [4.69, 9.17) is 9.15 Å². The fraction of sp³-hybridized carbons (Fsp3) is 0.222. The molecule has 0 amide bonds. The zero-order valence-electron chi connectivity index (χ0n) is 12.3. The molecule has 112 valence electrons. The maximum Gasteiger partial charge on any atom is 0.346 e. The molecule has 2 aromatic rings. The molecule has 0 aliphatic heterocycles. The van der Waals surface area contributed by atoms with Crippen molar-refractivity contribution in [3.63, 3.8) is 0 Å². The quantitative estimate of drug-likeness (QED) is 0.810. The molecular weight excluding hydrogens is 280 g/mol. The SMILES string of the molecule is CCOC(=O)c1c(C2=CCCC=C2)oc2ccccc2c1=O. The summed E-state index contributed by atoms with van der Waals surface area (Å²) in [6.07, 6.45) is 7.63. The van der Waals surface area contributed by atoms with E-state index in [1.165, 1.54) is 0 Å². The van der Waals surface area contributed by atoms with Crippen molar-refractivity contribution < 1.29 is 13.9 Å². The Morgan fingerprint density at radius 1 is 1.27 bits per heavy atom. The van der Waals surface area contributed by atoms with Crippen LogP contribution in [0.15, 0.2) is 51.7 Å². The molecule has 0 unspecified atom stereocenters. The summed E-state index contributed by atoms with van der Waals surface area (Å²) in [7, 11) is 0. The Morgan fingerprint density at radius 2 is 2.09 bits per heavy atom. The van der Waals surface area contributed by atoms with Gasteiger partial charge in [-0.3, -0.25) is 4.79 Å². The maximum atomic E-state index is 12.7. The van der Waals surface area contributed by atoms with Crippen molar-refractivity contribution in [2.75, 3.05) is 6.61 Å². The smallest absolute Gasteiger partial charge is 0.346 e. The zero-order valence-corrected chi connectivity index (χ0v) is 12.3. The van der Waals surface area contributed by atoms with Gasteiger partial charge in [-0.05, 0) is 31.9 Å². The van der Waals surface area contributed by atoms with Crippen LogP contribution in [0.3, 0.4) is 0 Å². The van der Waals surface area contributed by atoms with Crippen LogP contribution in [0.25, 0.3) is 16.5 Å². The first-order valence-corrected chi connectivity index (χ1v) is 7.32. The monoisotopic (exact) mass is 296 g/mol. The molecule has 0 spiro atoms. The summed E-state index contributed by atoms with van der Waals surface area (Å²) in [5, 5.41) is 0.384. The Balaban J connectivity index is 2.30. The number of hydrogen-bond acceptors (Lipinski definition) is 4. The highest BCUT2D eigenvalue weighted by Crippen LogP contribution is 2.26. The summed E-state index contributed by atoms with van der Waals surface area (Å²) in [5.74, 6) is -0.352. The molecule has 3 rings (SSSR count). The molecule has 1 aliphatic carbocycles. The first kappa shape index (κ1) is 14.3. The van der Waals surface area contributed by atoms with Gasteiger partial charge in [0.2, 0.25) is 5.43 Å². The number of esters is 1. The second-order valence-corrected chi connectivity index (χ2v) is 4.99. The third kappa shape index (κ3) is 2.48. The standard InChI is InChI=1S/C18H16O4/c1-2-21-18(20)15-16(19)13-10-6-7-11-14(13)22-17(15)12-8-4-3-5-9-12/h4,6-11H,2-3,5H2,1H3. The van der Waals surface area contributed by atoms with Gasteiger partial charge in [-0.15, -0.1) is 0 Å². The Bertz CT molecular complexity index is 840. The largest absolute Gasteiger partial charge is 0.462 e. The highest BCUT2D eigenvalue weighted by atomic mass is 16.5. The highest BCUT2D eigenvalue weighted by molar-refractivity contribution is 5.98. The summed E-state index contributed by atoms with van der Waals surface area (Å²) >= 11 is 0. The normalized spacial score (nSPS) is 14.0. The van der Waals surface area contributed by atoms with Gasteiger partial charge in [-0.1, -0.05) is 30.4 Å². The maximum absolute atomic E-state index is 12.7. The third-order valence-corrected chi connectivity index (χ3v) is 3.53. The predicted octanol–water partition coefficient (Wildman–Crippen LogP) is 3.70. The summed E-state index contributed by atoms with van der Waals surface area (Å²) in [6, 6.07) is 6.92. The lowest BCUT2D eigenvalue weighted by molar-refractivity contribution is 0.0522. The van der Waals surface area contributed by atoms with Gasteiger partial charge in [0, 0.05) is 5.57 Å². The Hall–Kier alpha value is -2.62. The predicted molar refractivity (Wildman–Crippen MR) is 84.8 cm³/mol. The van der Waals surface area contributed by atoms with E-state index in [0.717, 1.165) is 18.4 Å². The van der Waals surface area contributed by atoms with Crippen LogP contribution >= 0.6 is 0 Å². The van der Waals surface area contributed by atoms with Crippen LogP contribution in [-0.4, -0.2) is 12.6 Å². The summed E-state index contributed by atoms with van der Waals surface area (Å²) in [4.78, 5) is 24.9. The van der Waals surface area contributed by atoms with Crippen LogP contribution in [0.5, 0.6) is 0 Å². The van der Waals surface area contributed by atoms with Gasteiger partial charge in [0.25, 0.3) is 0 Å². The van der Waals surface area contributed by atoms with Gasteiger partial charge in [0.05, 0.1) is 12.0 Å². The van der Waals surface area contributed by atoms with E-state index < -0.39 is 5.97 Å². The number of rotatable bonds is 3. The molecule has 1 heterocycles. The van der Waals surface area contributed by atoms with Crippen LogP contribution in [0.4, 0.5) is 0 Å². The molecule has 0 atom stereocenters. The minimum Gasteiger partial charge on any atom is -0.462 e. The molecule has 1 aliphatic rings. The van der Waals surface area contributed by atoms with E-state index in [-0.39, 0.29) is 23.4 Å². The van der Waals surface area contributed by atoms with Crippen molar-refractivity contribution in [2.24, 2.45) is 0 Å². The van der Waals surface area contributed by atoms with Crippen LogP contribution in [0, 0.1) is 0 Å². The van der Waals surface area contributed by atoms with Crippen molar-refractivity contribution in [1.29, 1.82) is 0 Å². The fourth-order valence-corrected chi connectivity index (χ4v) is 2.52. The molecule has 1 aromatic carbocycles. The summed E-state index contributed by atoms with van der Waals surface area (Å²) in [5.41, 5.74) is 0.834. The second kappa shape index (κ2) is 6.02. The van der Waals surface area contributed by atoms with Gasteiger partial charge >= 0.3 is 5.97 Å². The van der Waals surface area contributed by atoms with E-state index in [1.807, 2.05) is 18.2 Å². The molecule has 0 fully saturated rings. The molecule has 0 N–H and O–H groups in total. The first-order chi connectivity index (χ1) is 10.7. The topological polar surface area (TPSA) is 56.5 Å². The van der Waals surface area contributed by atoms with Gasteiger partial charge in [-0.2, -0.15) is 0 Å². The van der Waals surface area contributed by atoms with E-state index in [1.54, 1.807) is 31.2 Å².